The lowest BCUT2D eigenvalue weighted by molar-refractivity contribution is -0.122. The van der Waals surface area contributed by atoms with E-state index in [1.165, 1.54) is 18.9 Å². The second kappa shape index (κ2) is 9.43. The Morgan fingerprint density at radius 2 is 1.79 bits per heavy atom. The van der Waals surface area contributed by atoms with Crippen LogP contribution in [0.2, 0.25) is 0 Å². The standard InChI is InChI=1S/C22H22N2O4S/c1-4-24-20(25)19(14-15-6-8-16(9-7-15)21(26)27-3)29-22(24)23-17-10-12-18(13-11-17)28-5-2/h6-14H,4-5H2,1-3H3/b19-14+,23-22?. The Morgan fingerprint density at radius 1 is 1.10 bits per heavy atom. The van der Waals surface area contributed by atoms with E-state index in [1.807, 2.05) is 38.1 Å². The first-order valence-electron chi connectivity index (χ1n) is 9.27. The largest absolute Gasteiger partial charge is 0.494 e. The highest BCUT2D eigenvalue weighted by atomic mass is 32.2. The summed E-state index contributed by atoms with van der Waals surface area (Å²) in [4.78, 5) is 31.2. The zero-order chi connectivity index (χ0) is 20.8. The summed E-state index contributed by atoms with van der Waals surface area (Å²) in [6.07, 6.45) is 1.80. The van der Waals surface area contributed by atoms with Crippen LogP contribution >= 0.6 is 11.8 Å². The van der Waals surface area contributed by atoms with Crippen LogP contribution in [0.5, 0.6) is 5.75 Å². The number of aliphatic imine (C=N–C) groups is 1. The van der Waals surface area contributed by atoms with Crippen LogP contribution in [0.4, 0.5) is 5.69 Å². The van der Waals surface area contributed by atoms with Crippen molar-refractivity contribution in [1.82, 2.24) is 4.90 Å². The van der Waals surface area contributed by atoms with Gasteiger partial charge in [0.1, 0.15) is 5.75 Å². The van der Waals surface area contributed by atoms with Gasteiger partial charge in [-0.05, 0) is 73.6 Å². The summed E-state index contributed by atoms with van der Waals surface area (Å²) in [6, 6.07) is 14.4. The molecule has 2 aromatic rings. The molecule has 150 valence electrons. The highest BCUT2D eigenvalue weighted by molar-refractivity contribution is 8.18. The summed E-state index contributed by atoms with van der Waals surface area (Å²) < 4.78 is 10.2. The molecule has 0 saturated carbocycles. The van der Waals surface area contributed by atoms with Gasteiger partial charge in [0.05, 0.1) is 29.9 Å². The predicted molar refractivity (Wildman–Crippen MR) is 115 cm³/mol. The number of amides is 1. The molecule has 7 heteroatoms. The first-order valence-corrected chi connectivity index (χ1v) is 10.1. The van der Waals surface area contributed by atoms with E-state index < -0.39 is 5.97 Å². The zero-order valence-electron chi connectivity index (χ0n) is 16.5. The Kier molecular flexibility index (Phi) is 6.72. The molecule has 0 N–H and O–H groups in total. The second-order valence-electron chi connectivity index (χ2n) is 6.09. The van der Waals surface area contributed by atoms with Gasteiger partial charge in [0, 0.05) is 6.54 Å². The molecule has 3 rings (SSSR count). The molecule has 1 fully saturated rings. The lowest BCUT2D eigenvalue weighted by Gasteiger charge is -2.12. The van der Waals surface area contributed by atoms with Gasteiger partial charge in [-0.25, -0.2) is 9.79 Å². The highest BCUT2D eigenvalue weighted by Gasteiger charge is 2.32. The van der Waals surface area contributed by atoms with E-state index in [4.69, 9.17) is 9.47 Å². The molecule has 2 aromatic carbocycles. The minimum absolute atomic E-state index is 0.0840. The minimum Gasteiger partial charge on any atom is -0.494 e. The fraction of sp³-hybridized carbons (Fsp3) is 0.227. The number of ether oxygens (including phenoxy) is 2. The fourth-order valence-electron chi connectivity index (χ4n) is 2.75. The van der Waals surface area contributed by atoms with Crippen molar-refractivity contribution in [3.05, 3.63) is 64.6 Å². The molecular weight excluding hydrogens is 388 g/mol. The van der Waals surface area contributed by atoms with Gasteiger partial charge in [-0.2, -0.15) is 0 Å². The Bertz CT molecular complexity index is 950. The monoisotopic (exact) mass is 410 g/mol. The van der Waals surface area contributed by atoms with E-state index in [0.717, 1.165) is 17.0 Å². The number of hydrogen-bond acceptors (Lipinski definition) is 6. The van der Waals surface area contributed by atoms with E-state index in [0.29, 0.717) is 28.8 Å². The molecule has 0 spiro atoms. The van der Waals surface area contributed by atoms with Crippen molar-refractivity contribution in [2.24, 2.45) is 4.99 Å². The number of methoxy groups -OCH3 is 1. The lowest BCUT2D eigenvalue weighted by atomic mass is 10.1. The number of carbonyl (C=O) groups excluding carboxylic acids is 2. The number of benzene rings is 2. The first-order chi connectivity index (χ1) is 14.0. The molecule has 0 unspecified atom stereocenters. The molecule has 0 aliphatic carbocycles. The van der Waals surface area contributed by atoms with Crippen molar-refractivity contribution in [1.29, 1.82) is 0 Å². The third-order valence-electron chi connectivity index (χ3n) is 4.21. The molecule has 0 atom stereocenters. The Hall–Kier alpha value is -3.06. The maximum absolute atomic E-state index is 12.8. The number of rotatable bonds is 6. The van der Waals surface area contributed by atoms with E-state index in [-0.39, 0.29) is 5.91 Å². The summed E-state index contributed by atoms with van der Waals surface area (Å²) in [5, 5.41) is 0.638. The Morgan fingerprint density at radius 3 is 2.38 bits per heavy atom. The van der Waals surface area contributed by atoms with Gasteiger partial charge >= 0.3 is 5.97 Å². The van der Waals surface area contributed by atoms with Crippen molar-refractivity contribution in [2.75, 3.05) is 20.3 Å². The van der Waals surface area contributed by atoms with Crippen molar-refractivity contribution < 1.29 is 19.1 Å². The maximum atomic E-state index is 12.8. The molecule has 1 aliphatic heterocycles. The Balaban J connectivity index is 1.82. The fourth-order valence-corrected chi connectivity index (χ4v) is 3.81. The number of carbonyl (C=O) groups is 2. The van der Waals surface area contributed by atoms with Crippen LogP contribution < -0.4 is 4.74 Å². The predicted octanol–water partition coefficient (Wildman–Crippen LogP) is 4.50. The molecular formula is C22H22N2O4S. The summed E-state index contributed by atoms with van der Waals surface area (Å²) in [5.74, 6) is 0.312. The smallest absolute Gasteiger partial charge is 0.337 e. The summed E-state index contributed by atoms with van der Waals surface area (Å²) in [7, 11) is 1.34. The van der Waals surface area contributed by atoms with Gasteiger partial charge in [-0.1, -0.05) is 12.1 Å². The van der Waals surface area contributed by atoms with Gasteiger partial charge < -0.3 is 9.47 Å². The van der Waals surface area contributed by atoms with Gasteiger partial charge in [0.15, 0.2) is 5.17 Å². The average molecular weight is 410 g/mol. The third kappa shape index (κ3) is 4.86. The number of esters is 1. The van der Waals surface area contributed by atoms with Gasteiger partial charge in [0.25, 0.3) is 5.91 Å². The molecule has 29 heavy (non-hydrogen) atoms. The summed E-state index contributed by atoms with van der Waals surface area (Å²) >= 11 is 1.34. The number of likely N-dealkylation sites (N-methyl/N-ethyl adjacent to an activating group) is 1. The van der Waals surface area contributed by atoms with Crippen LogP contribution in [-0.2, 0) is 9.53 Å². The van der Waals surface area contributed by atoms with Crippen molar-refractivity contribution in [3.8, 4) is 5.75 Å². The summed E-state index contributed by atoms with van der Waals surface area (Å²) in [6.45, 7) is 4.99. The number of nitrogens with zero attached hydrogens (tertiary/aromatic N) is 2. The molecule has 0 aromatic heterocycles. The quantitative estimate of drug-likeness (QED) is 0.518. The van der Waals surface area contributed by atoms with Crippen LogP contribution in [0, 0.1) is 0 Å². The topological polar surface area (TPSA) is 68.2 Å². The number of hydrogen-bond donors (Lipinski definition) is 0. The third-order valence-corrected chi connectivity index (χ3v) is 5.21. The zero-order valence-corrected chi connectivity index (χ0v) is 17.4. The van der Waals surface area contributed by atoms with E-state index in [2.05, 4.69) is 4.99 Å². The molecule has 6 nitrogen and oxygen atoms in total. The van der Waals surface area contributed by atoms with Crippen molar-refractivity contribution >= 4 is 40.6 Å². The normalized spacial score (nSPS) is 16.5. The number of amidine groups is 1. The van der Waals surface area contributed by atoms with Crippen LogP contribution in [0.25, 0.3) is 6.08 Å². The van der Waals surface area contributed by atoms with Gasteiger partial charge in [-0.3, -0.25) is 9.69 Å². The van der Waals surface area contributed by atoms with Crippen LogP contribution in [0.1, 0.15) is 29.8 Å². The summed E-state index contributed by atoms with van der Waals surface area (Å²) in [5.41, 5.74) is 2.05. The molecule has 1 heterocycles. The lowest BCUT2D eigenvalue weighted by Crippen LogP contribution is -2.28. The average Bonchev–Trinajstić information content (AvgIpc) is 3.03. The molecule has 1 aliphatic rings. The molecule has 1 amide bonds. The van der Waals surface area contributed by atoms with E-state index >= 15 is 0 Å². The number of thioether (sulfide) groups is 1. The highest BCUT2D eigenvalue weighted by Crippen LogP contribution is 2.34. The van der Waals surface area contributed by atoms with Crippen molar-refractivity contribution in [3.63, 3.8) is 0 Å². The van der Waals surface area contributed by atoms with E-state index in [9.17, 15) is 9.59 Å². The maximum Gasteiger partial charge on any atom is 0.337 e. The van der Waals surface area contributed by atoms with Crippen molar-refractivity contribution in [2.45, 2.75) is 13.8 Å². The van der Waals surface area contributed by atoms with Crippen LogP contribution in [-0.4, -0.2) is 42.2 Å². The Labute approximate surface area is 174 Å². The molecule has 0 radical (unpaired) electrons. The second-order valence-corrected chi connectivity index (χ2v) is 7.10. The van der Waals surface area contributed by atoms with Crippen LogP contribution in [0.15, 0.2) is 58.4 Å². The van der Waals surface area contributed by atoms with Gasteiger partial charge in [-0.15, -0.1) is 0 Å². The van der Waals surface area contributed by atoms with E-state index in [1.54, 1.807) is 35.2 Å². The SMILES string of the molecule is CCOc1ccc(N=C2S/C(=C/c3ccc(C(=O)OC)cc3)C(=O)N2CC)cc1. The minimum atomic E-state index is -0.391. The molecule has 1 saturated heterocycles. The first kappa shape index (κ1) is 20.7. The van der Waals surface area contributed by atoms with Crippen LogP contribution in [0.3, 0.4) is 0 Å². The molecule has 0 bridgehead atoms. The van der Waals surface area contributed by atoms with Gasteiger partial charge in [0.2, 0.25) is 0 Å².